The van der Waals surface area contributed by atoms with Gasteiger partial charge in [-0.15, -0.1) is 0 Å². The van der Waals surface area contributed by atoms with E-state index < -0.39 is 12.1 Å². The number of amides is 1. The molecule has 0 rings (SSSR count). The van der Waals surface area contributed by atoms with Crippen LogP contribution in [-0.4, -0.2) is 47.4 Å². The van der Waals surface area contributed by atoms with Crippen LogP contribution in [0.15, 0.2) is 48.6 Å². The van der Waals surface area contributed by atoms with Crippen molar-refractivity contribution in [1.82, 2.24) is 5.32 Å². The lowest BCUT2D eigenvalue weighted by molar-refractivity contribution is -0.143. The van der Waals surface area contributed by atoms with Gasteiger partial charge in [-0.1, -0.05) is 377 Å². The SMILES string of the molecule is CCCCC/C=C\C/C=C\CCCCCCCCCCCC(=O)OCCCCCCCCCCCCCCCCCCCC/C=C\CCCCCCCCCCCCCCCCCCCC(=O)NC(CO)C(O)/C=C/CCCCCCCCCCCC. The number of nitrogens with one attached hydrogen (secondary N) is 1. The van der Waals surface area contributed by atoms with Crippen molar-refractivity contribution < 1.29 is 24.5 Å². The number of hydrogen-bond acceptors (Lipinski definition) is 5. The molecule has 0 fully saturated rings. The van der Waals surface area contributed by atoms with Crippen LogP contribution in [0.1, 0.15) is 431 Å². The van der Waals surface area contributed by atoms with Gasteiger partial charge >= 0.3 is 5.97 Å². The number of aliphatic hydroxyl groups excluding tert-OH is 2. The zero-order valence-electron chi connectivity index (χ0n) is 58.8. The minimum Gasteiger partial charge on any atom is -0.466 e. The van der Waals surface area contributed by atoms with Gasteiger partial charge in [-0.2, -0.15) is 0 Å². The lowest BCUT2D eigenvalue weighted by Gasteiger charge is -2.20. The summed E-state index contributed by atoms with van der Waals surface area (Å²) >= 11 is 0. The Bertz CT molecular complexity index is 1450. The molecule has 6 heteroatoms. The van der Waals surface area contributed by atoms with Crippen LogP contribution >= 0.6 is 0 Å². The van der Waals surface area contributed by atoms with Gasteiger partial charge in [0.25, 0.3) is 0 Å². The molecule has 0 saturated heterocycles. The first kappa shape index (κ1) is 84.8. The van der Waals surface area contributed by atoms with E-state index in [-0.39, 0.29) is 18.5 Å². The highest BCUT2D eigenvalue weighted by molar-refractivity contribution is 5.76. The number of rotatable bonds is 74. The molecule has 0 aliphatic heterocycles. The van der Waals surface area contributed by atoms with Gasteiger partial charge in [-0.3, -0.25) is 9.59 Å². The first-order valence-electron chi connectivity index (χ1n) is 39.4. The topological polar surface area (TPSA) is 95.9 Å². The fourth-order valence-corrected chi connectivity index (χ4v) is 12.3. The summed E-state index contributed by atoms with van der Waals surface area (Å²) in [5, 5.41) is 23.1. The Balaban J connectivity index is 3.31. The normalized spacial score (nSPS) is 12.7. The van der Waals surface area contributed by atoms with Crippen LogP contribution in [0.25, 0.3) is 0 Å². The Morgan fingerprint density at radius 1 is 0.322 bits per heavy atom. The number of carbonyl (C=O) groups is 2. The zero-order chi connectivity index (χ0) is 62.8. The second kappa shape index (κ2) is 76.3. The number of allylic oxidation sites excluding steroid dienone is 7. The van der Waals surface area contributed by atoms with E-state index in [1.165, 1.54) is 360 Å². The van der Waals surface area contributed by atoms with Gasteiger partial charge in [0, 0.05) is 12.8 Å². The maximum Gasteiger partial charge on any atom is 0.305 e. The van der Waals surface area contributed by atoms with Crippen LogP contribution in [0.3, 0.4) is 0 Å². The van der Waals surface area contributed by atoms with Crippen molar-refractivity contribution in [2.45, 2.75) is 443 Å². The van der Waals surface area contributed by atoms with Gasteiger partial charge in [-0.05, 0) is 89.9 Å². The van der Waals surface area contributed by atoms with Crippen LogP contribution in [-0.2, 0) is 14.3 Å². The van der Waals surface area contributed by atoms with Crippen LogP contribution in [0.2, 0.25) is 0 Å². The van der Waals surface area contributed by atoms with Crippen molar-refractivity contribution in [2.24, 2.45) is 0 Å². The number of ether oxygens (including phenoxy) is 1. The van der Waals surface area contributed by atoms with E-state index in [2.05, 4.69) is 55.6 Å². The first-order chi connectivity index (χ1) is 43.0. The summed E-state index contributed by atoms with van der Waals surface area (Å²) in [5.74, 6) is -0.0438. The standard InChI is InChI=1S/C81H153NO5/c1-3-5-7-9-11-13-15-17-18-19-41-45-48-51-55-59-63-67-71-75-81(86)87-76-72-68-64-60-56-52-49-46-43-40-38-36-34-32-30-28-26-24-22-20-21-23-25-27-29-31-33-35-37-39-42-44-47-50-54-58-62-66-70-74-80(85)82-78(77-83)79(84)73-69-65-61-57-53-16-14-12-10-8-6-4-2/h11,13,17-18,20-21,69,73,78-79,83-84H,3-10,12,14-16,19,22-68,70-72,74-77H2,1-2H3,(H,82,85)/b13-11-,18-17-,21-20-,73-69+. The summed E-state index contributed by atoms with van der Waals surface area (Å²) in [6.07, 6.45) is 101. The van der Waals surface area contributed by atoms with Gasteiger partial charge in [0.05, 0.1) is 25.4 Å². The molecular weight excluding hydrogens is 1070 g/mol. The molecule has 0 aliphatic rings. The van der Waals surface area contributed by atoms with E-state index in [1.807, 2.05) is 6.08 Å². The average Bonchev–Trinajstić information content (AvgIpc) is 3.54. The molecule has 0 aromatic heterocycles. The third-order valence-corrected chi connectivity index (χ3v) is 18.3. The van der Waals surface area contributed by atoms with Crippen LogP contribution < -0.4 is 5.32 Å². The maximum atomic E-state index is 12.5. The fourth-order valence-electron chi connectivity index (χ4n) is 12.3. The summed E-state index contributed by atoms with van der Waals surface area (Å²) in [7, 11) is 0. The quantitative estimate of drug-likeness (QED) is 0.0320. The summed E-state index contributed by atoms with van der Waals surface area (Å²) in [6, 6.07) is -0.624. The molecule has 87 heavy (non-hydrogen) atoms. The predicted octanol–water partition coefficient (Wildman–Crippen LogP) is 26.0. The molecule has 0 radical (unpaired) electrons. The smallest absolute Gasteiger partial charge is 0.305 e. The van der Waals surface area contributed by atoms with Gasteiger partial charge < -0.3 is 20.3 Å². The van der Waals surface area contributed by atoms with Crippen molar-refractivity contribution in [3.8, 4) is 0 Å². The predicted molar refractivity (Wildman–Crippen MR) is 384 cm³/mol. The molecule has 0 spiro atoms. The van der Waals surface area contributed by atoms with E-state index in [0.717, 1.165) is 44.9 Å². The van der Waals surface area contributed by atoms with Crippen molar-refractivity contribution in [3.05, 3.63) is 48.6 Å². The molecule has 0 aromatic rings. The number of esters is 1. The van der Waals surface area contributed by atoms with Crippen molar-refractivity contribution >= 4 is 11.9 Å². The van der Waals surface area contributed by atoms with Gasteiger partial charge in [-0.25, -0.2) is 0 Å². The number of hydrogen-bond donors (Lipinski definition) is 3. The van der Waals surface area contributed by atoms with Crippen LogP contribution in [0.4, 0.5) is 0 Å². The van der Waals surface area contributed by atoms with Crippen molar-refractivity contribution in [2.75, 3.05) is 13.2 Å². The third-order valence-electron chi connectivity index (χ3n) is 18.3. The summed E-state index contributed by atoms with van der Waals surface area (Å²) in [5.41, 5.74) is 0. The lowest BCUT2D eigenvalue weighted by atomic mass is 10.0. The van der Waals surface area contributed by atoms with Crippen molar-refractivity contribution in [3.63, 3.8) is 0 Å². The molecule has 1 amide bonds. The highest BCUT2D eigenvalue weighted by atomic mass is 16.5. The second-order valence-electron chi connectivity index (χ2n) is 27.0. The van der Waals surface area contributed by atoms with Gasteiger partial charge in [0.1, 0.15) is 0 Å². The van der Waals surface area contributed by atoms with E-state index >= 15 is 0 Å². The molecule has 0 aromatic carbocycles. The summed E-state index contributed by atoms with van der Waals surface area (Å²) < 4.78 is 5.52. The van der Waals surface area contributed by atoms with Gasteiger partial charge in [0.2, 0.25) is 5.91 Å². The Morgan fingerprint density at radius 3 is 0.908 bits per heavy atom. The molecule has 2 atom stereocenters. The Labute approximate surface area is 544 Å². The molecule has 0 saturated carbocycles. The Hall–Kier alpha value is -2.18. The largest absolute Gasteiger partial charge is 0.466 e. The highest BCUT2D eigenvalue weighted by Crippen LogP contribution is 2.19. The number of unbranched alkanes of at least 4 members (excludes halogenated alkanes) is 57. The molecule has 0 bridgehead atoms. The van der Waals surface area contributed by atoms with E-state index in [9.17, 15) is 19.8 Å². The van der Waals surface area contributed by atoms with Crippen molar-refractivity contribution in [1.29, 1.82) is 0 Å². The van der Waals surface area contributed by atoms with E-state index in [0.29, 0.717) is 19.4 Å². The second-order valence-corrected chi connectivity index (χ2v) is 27.0. The fraction of sp³-hybridized carbons (Fsp3) is 0.877. The average molecular weight is 1220 g/mol. The third kappa shape index (κ3) is 72.8. The van der Waals surface area contributed by atoms with Gasteiger partial charge in [0.15, 0.2) is 0 Å². The minimum absolute atomic E-state index is 0.0189. The Kier molecular flexibility index (Phi) is 74.4. The zero-order valence-corrected chi connectivity index (χ0v) is 58.8. The molecule has 2 unspecified atom stereocenters. The van der Waals surface area contributed by atoms with E-state index in [1.54, 1.807) is 6.08 Å². The van der Waals surface area contributed by atoms with E-state index in [4.69, 9.17) is 4.74 Å². The van der Waals surface area contributed by atoms with Crippen LogP contribution in [0.5, 0.6) is 0 Å². The molecular formula is C81H153NO5. The number of aliphatic hydroxyl groups is 2. The first-order valence-corrected chi connectivity index (χ1v) is 39.4. The number of carbonyl (C=O) groups excluding carboxylic acids is 2. The molecule has 0 heterocycles. The molecule has 0 aliphatic carbocycles. The lowest BCUT2D eigenvalue weighted by Crippen LogP contribution is -2.45. The minimum atomic E-state index is -0.840. The molecule has 512 valence electrons. The molecule has 6 nitrogen and oxygen atoms in total. The summed E-state index contributed by atoms with van der Waals surface area (Å²) in [4.78, 5) is 24.6. The highest BCUT2D eigenvalue weighted by Gasteiger charge is 2.18. The Morgan fingerprint density at radius 2 is 0.575 bits per heavy atom. The van der Waals surface area contributed by atoms with Crippen LogP contribution in [0, 0.1) is 0 Å². The summed E-state index contributed by atoms with van der Waals surface area (Å²) in [6.45, 7) is 4.90. The molecule has 3 N–H and O–H groups in total. The maximum absolute atomic E-state index is 12.5. The monoisotopic (exact) mass is 1220 g/mol.